The fourth-order valence-corrected chi connectivity index (χ4v) is 11.5. The van der Waals surface area contributed by atoms with E-state index in [1.807, 2.05) is 64.6 Å². The minimum absolute atomic E-state index is 0. The third kappa shape index (κ3) is 12.9. The molecule has 15 aromatic heterocycles. The monoisotopic (exact) mass is 1570 g/mol. The fraction of sp³-hybridized carbons (Fsp3) is 0.299. The van der Waals surface area contributed by atoms with Crippen molar-refractivity contribution >= 4 is 83.4 Å². The van der Waals surface area contributed by atoms with Gasteiger partial charge in [0.15, 0.2) is 11.3 Å². The van der Waals surface area contributed by atoms with Gasteiger partial charge in [-0.25, -0.2) is 44.9 Å². The molecule has 0 saturated carbocycles. The molecule has 0 aliphatic rings. The van der Waals surface area contributed by atoms with E-state index in [1.54, 1.807) is 24.9 Å². The first-order valence-corrected chi connectivity index (χ1v) is 28.6. The second-order valence-corrected chi connectivity index (χ2v) is 22.5. The van der Waals surface area contributed by atoms with Crippen LogP contribution in [0.3, 0.4) is 0 Å². The summed E-state index contributed by atoms with van der Waals surface area (Å²) in [6, 6.07) is 8.18. The normalized spacial score (nSPS) is 10.9. The maximum absolute atomic E-state index is 4.67. The number of aromatic nitrogens is 18. The molecule has 0 aliphatic carbocycles. The Hall–Kier alpha value is -4.19. The van der Waals surface area contributed by atoms with E-state index >= 15 is 0 Å². The maximum atomic E-state index is 4.67. The molecule has 0 amide bonds. The molecule has 18 nitrogen and oxygen atoms in total. The van der Waals surface area contributed by atoms with E-state index in [0.29, 0.717) is 0 Å². The van der Waals surface area contributed by atoms with Crippen molar-refractivity contribution in [3.63, 3.8) is 0 Å². The molecule has 5 radical (unpaired) electrons. The van der Waals surface area contributed by atoms with Crippen LogP contribution in [-0.4, -0.2) is 87.0 Å². The van der Waals surface area contributed by atoms with Crippen LogP contribution < -0.4 is 0 Å². The van der Waals surface area contributed by atoms with Crippen LogP contribution >= 0.6 is 0 Å². The summed E-state index contributed by atoms with van der Waals surface area (Å²) in [6.07, 6.45) is 14.3. The average Bonchev–Trinajstić information content (AvgIpc) is 1.60. The van der Waals surface area contributed by atoms with Crippen molar-refractivity contribution in [2.24, 2.45) is 0 Å². The second-order valence-electron chi connectivity index (χ2n) is 22.5. The third-order valence-electron chi connectivity index (χ3n) is 17.9. The molecule has 445 valence electrons. The van der Waals surface area contributed by atoms with Crippen molar-refractivity contribution in [3.05, 3.63) is 187 Å². The van der Waals surface area contributed by atoms with Crippen LogP contribution in [0.5, 0.6) is 0 Å². The molecule has 0 spiro atoms. The molecule has 0 fully saturated rings. The van der Waals surface area contributed by atoms with Crippen LogP contribution in [0.15, 0.2) is 74.0 Å². The topological polar surface area (TPSA) is 190 Å². The zero-order valence-electron chi connectivity index (χ0n) is 55.4. The Morgan fingerprint density at radius 1 is 0.278 bits per heavy atom. The van der Waals surface area contributed by atoms with Gasteiger partial charge in [0, 0.05) is 251 Å². The zero-order valence-corrected chi connectivity index (χ0v) is 69.6. The molecule has 0 aromatic carbocycles. The molecule has 15 heterocycles. The van der Waals surface area contributed by atoms with Crippen molar-refractivity contribution in [2.75, 3.05) is 0 Å². The van der Waals surface area contributed by atoms with E-state index in [-0.39, 0.29) is 164 Å². The Balaban J connectivity index is 0.000000177. The molecule has 0 aliphatic heterocycles. The summed E-state index contributed by atoms with van der Waals surface area (Å²) >= 11 is 0. The number of fused-ring (bicyclic) bond motifs is 15. The molecule has 15 aromatic rings. The van der Waals surface area contributed by atoms with Crippen LogP contribution in [0, 0.1) is 138 Å². The van der Waals surface area contributed by atoms with Crippen molar-refractivity contribution in [3.8, 4) is 0 Å². The van der Waals surface area contributed by atoms with Crippen LogP contribution in [0.2, 0.25) is 0 Å². The second kappa shape index (κ2) is 30.0. The summed E-state index contributed by atoms with van der Waals surface area (Å²) in [4.78, 5) is 49.3. The molecule has 0 N–H and O–H groups in total. The Kier molecular flexibility index (Phi) is 25.0. The Labute approximate surface area is 650 Å². The van der Waals surface area contributed by atoms with E-state index in [4.69, 9.17) is 0 Å². The van der Waals surface area contributed by atoms with Gasteiger partial charge in [-0.2, -0.15) is 5.10 Å². The molecular formula is C67H72N18Y5. The molecular weight excluding hydrogens is 1500 g/mol. The summed E-state index contributed by atoms with van der Waals surface area (Å²) < 4.78 is 10.7. The van der Waals surface area contributed by atoms with Gasteiger partial charge < -0.3 is 0 Å². The van der Waals surface area contributed by atoms with Gasteiger partial charge >= 0.3 is 0 Å². The summed E-state index contributed by atoms with van der Waals surface area (Å²) in [7, 11) is 0. The summed E-state index contributed by atoms with van der Waals surface area (Å²) in [5, 5.41) is 12.9. The number of hydrogen-bond acceptors (Lipinski definition) is 13. The van der Waals surface area contributed by atoms with E-state index in [1.165, 1.54) is 77.7 Å². The van der Waals surface area contributed by atoms with Gasteiger partial charge in [-0.1, -0.05) is 0 Å². The van der Waals surface area contributed by atoms with Gasteiger partial charge in [-0.15, -0.1) is 5.10 Å². The van der Waals surface area contributed by atoms with Gasteiger partial charge in [-0.3, -0.25) is 32.0 Å². The van der Waals surface area contributed by atoms with Crippen LogP contribution in [0.25, 0.3) is 83.4 Å². The first kappa shape index (κ1) is 74.8. The zero-order chi connectivity index (χ0) is 60.8. The molecule has 15 rings (SSSR count). The Bertz CT molecular complexity index is 4480. The molecule has 0 bridgehead atoms. The molecule has 0 atom stereocenters. The maximum Gasteiger partial charge on any atom is 0.168 e. The van der Waals surface area contributed by atoms with Gasteiger partial charge in [0.1, 0.15) is 51.4 Å². The SMILES string of the molecule is Cc1nc2c(C)c(C)c3cccnc3n2c1C.Cc1nc2c(C)c(C)c3ccnnc3n2c1C.Cc1nc2c(C)c(C)c3cnccc3n2c1C.Cc1nc2c(C)c(C)c3cncnc3n2c1C.Cc1nc2c(C)c(C)c3nccnc3n2c1C.[Y].[Y].[Y].[Y].[Y]. The standard InChI is InChI=1S/2C14H15N3.3C13H14N4.5Y/c1-8-9(2)14-16-10(3)11(4)17(14)13-5-6-15-7-12(8)13;1-8-9(2)13-16-10(3)11(4)17(13)14-12(8)6-5-7-15-14;1-7-8(2)12-16-9(3)10(4)17(12)13-11(7)5-14-6-15-13;1-7-8(2)12-16-9(3)10(4)17(12)13-11(7)14-5-6-15-13;1-7-8(2)12-15-9(3)10(4)17(12)13-11(7)5-6-14-16-13;;;;;/h2*5-7H,1-4H3;3*5-6H,1-4H3;;;;;. The fourth-order valence-electron chi connectivity index (χ4n) is 11.5. The van der Waals surface area contributed by atoms with E-state index in [2.05, 4.69) is 210 Å². The number of imidazole rings is 5. The number of aryl methyl sites for hydroxylation is 20. The number of pyridine rings is 7. The van der Waals surface area contributed by atoms with E-state index < -0.39 is 0 Å². The predicted molar refractivity (Wildman–Crippen MR) is 341 cm³/mol. The summed E-state index contributed by atoms with van der Waals surface area (Å²) in [5.74, 6) is 0. The number of nitrogens with zero attached hydrogens (tertiary/aromatic N) is 18. The van der Waals surface area contributed by atoms with Gasteiger partial charge in [0.25, 0.3) is 0 Å². The summed E-state index contributed by atoms with van der Waals surface area (Å²) in [6.45, 7) is 41.7. The molecule has 23 heteroatoms. The third-order valence-corrected chi connectivity index (χ3v) is 17.9. The first-order chi connectivity index (χ1) is 40.5. The quantitative estimate of drug-likeness (QED) is 0.140. The smallest absolute Gasteiger partial charge is 0.168 e. The number of hydrogen-bond donors (Lipinski definition) is 0. The largest absolute Gasteiger partial charge is 0.296 e. The Morgan fingerprint density at radius 2 is 0.656 bits per heavy atom. The van der Waals surface area contributed by atoms with Gasteiger partial charge in [-0.05, 0) is 218 Å². The predicted octanol–water partition coefficient (Wildman–Crippen LogP) is 13.8. The Morgan fingerprint density at radius 3 is 1.17 bits per heavy atom. The average molecular weight is 1570 g/mol. The van der Waals surface area contributed by atoms with Crippen LogP contribution in [-0.2, 0) is 164 Å². The molecule has 0 saturated heterocycles. The molecule has 90 heavy (non-hydrogen) atoms. The number of rotatable bonds is 0. The van der Waals surface area contributed by atoms with Crippen LogP contribution in [0.1, 0.15) is 113 Å². The van der Waals surface area contributed by atoms with Crippen molar-refractivity contribution in [1.82, 2.24) is 87.0 Å². The van der Waals surface area contributed by atoms with E-state index in [9.17, 15) is 0 Å². The molecule has 0 unspecified atom stereocenters. The van der Waals surface area contributed by atoms with Gasteiger partial charge in [0.05, 0.1) is 40.2 Å². The minimum Gasteiger partial charge on any atom is -0.296 e. The van der Waals surface area contributed by atoms with E-state index in [0.717, 1.165) is 118 Å². The van der Waals surface area contributed by atoms with Crippen molar-refractivity contribution in [1.29, 1.82) is 0 Å². The van der Waals surface area contributed by atoms with Crippen molar-refractivity contribution in [2.45, 2.75) is 138 Å². The van der Waals surface area contributed by atoms with Crippen LogP contribution in [0.4, 0.5) is 0 Å². The van der Waals surface area contributed by atoms with Crippen molar-refractivity contribution < 1.29 is 164 Å². The van der Waals surface area contributed by atoms with Gasteiger partial charge in [0.2, 0.25) is 0 Å². The first-order valence-electron chi connectivity index (χ1n) is 28.6. The summed E-state index contributed by atoms with van der Waals surface area (Å²) in [5.41, 5.74) is 34.3. The minimum atomic E-state index is 0.